The van der Waals surface area contributed by atoms with Crippen molar-refractivity contribution in [2.24, 2.45) is 0 Å². The highest BCUT2D eigenvalue weighted by atomic mass is 79.9. The van der Waals surface area contributed by atoms with Crippen LogP contribution in [0.2, 0.25) is 10.3 Å². The van der Waals surface area contributed by atoms with E-state index in [1.54, 1.807) is 12.3 Å². The van der Waals surface area contributed by atoms with Crippen molar-refractivity contribution in [3.63, 3.8) is 0 Å². The Morgan fingerprint density at radius 1 is 1.29 bits per heavy atom. The summed E-state index contributed by atoms with van der Waals surface area (Å²) >= 11 is 15.2. The topological polar surface area (TPSA) is 37.8 Å². The van der Waals surface area contributed by atoms with Crippen LogP contribution in [0.15, 0.2) is 28.9 Å². The van der Waals surface area contributed by atoms with Crippen LogP contribution in [0.5, 0.6) is 0 Å². The van der Waals surface area contributed by atoms with Crippen molar-refractivity contribution in [1.29, 1.82) is 0 Å². The third-order valence-electron chi connectivity index (χ3n) is 2.12. The molecule has 0 aliphatic carbocycles. The molecule has 2 rings (SSSR count). The maximum absolute atomic E-state index is 6.08. The van der Waals surface area contributed by atoms with Crippen LogP contribution in [0.1, 0.15) is 5.56 Å². The minimum absolute atomic E-state index is 0.198. The maximum Gasteiger partial charge on any atom is 0.224 e. The Morgan fingerprint density at radius 2 is 2.06 bits per heavy atom. The van der Waals surface area contributed by atoms with Crippen LogP contribution in [-0.4, -0.2) is 9.97 Å². The molecule has 3 nitrogen and oxygen atoms in total. The molecule has 0 spiro atoms. The van der Waals surface area contributed by atoms with E-state index in [1.807, 2.05) is 19.1 Å². The van der Waals surface area contributed by atoms with Crippen molar-refractivity contribution in [3.8, 4) is 0 Å². The molecule has 0 bridgehead atoms. The highest BCUT2D eigenvalue weighted by Crippen LogP contribution is 2.29. The first-order chi connectivity index (χ1) is 8.06. The predicted octanol–water partition coefficient (Wildman–Crippen LogP) is 4.60. The van der Waals surface area contributed by atoms with E-state index < -0.39 is 0 Å². The molecule has 0 saturated carbocycles. The Kier molecular flexibility index (Phi) is 3.86. The third-order valence-corrected chi connectivity index (χ3v) is 3.13. The Bertz CT molecular complexity index is 511. The SMILES string of the molecule is Cc1cnc(Cl)nc1Nc1cc(Br)ccc1Cl. The molecule has 1 heterocycles. The minimum Gasteiger partial charge on any atom is -0.339 e. The summed E-state index contributed by atoms with van der Waals surface area (Å²) in [4.78, 5) is 8.00. The standard InChI is InChI=1S/C11H8BrCl2N3/c1-6-5-15-11(14)17-10(6)16-9-4-7(12)2-3-8(9)13/h2-5H,1H3,(H,15,16,17). The zero-order valence-corrected chi connectivity index (χ0v) is 11.9. The van der Waals surface area contributed by atoms with Gasteiger partial charge >= 0.3 is 0 Å². The lowest BCUT2D eigenvalue weighted by Gasteiger charge is -2.10. The van der Waals surface area contributed by atoms with Crippen LogP contribution in [0.4, 0.5) is 11.5 Å². The normalized spacial score (nSPS) is 10.4. The molecule has 0 unspecified atom stereocenters. The Morgan fingerprint density at radius 3 is 2.82 bits per heavy atom. The van der Waals surface area contributed by atoms with E-state index in [0.29, 0.717) is 10.8 Å². The predicted molar refractivity (Wildman–Crippen MR) is 74.2 cm³/mol. The van der Waals surface area contributed by atoms with Gasteiger partial charge in [0.25, 0.3) is 0 Å². The molecule has 6 heteroatoms. The van der Waals surface area contributed by atoms with E-state index in [2.05, 4.69) is 31.2 Å². The van der Waals surface area contributed by atoms with E-state index in [1.165, 1.54) is 0 Å². The van der Waals surface area contributed by atoms with Gasteiger partial charge in [0.05, 0.1) is 10.7 Å². The largest absolute Gasteiger partial charge is 0.339 e. The van der Waals surface area contributed by atoms with E-state index in [-0.39, 0.29) is 5.28 Å². The fourth-order valence-electron chi connectivity index (χ4n) is 1.27. The number of rotatable bonds is 2. The number of aryl methyl sites for hydroxylation is 1. The van der Waals surface area contributed by atoms with Crippen LogP contribution < -0.4 is 5.32 Å². The average Bonchev–Trinajstić information content (AvgIpc) is 2.28. The van der Waals surface area contributed by atoms with Crippen LogP contribution in [-0.2, 0) is 0 Å². The molecule has 0 aliphatic heterocycles. The molecule has 88 valence electrons. The molecule has 0 amide bonds. The number of aromatic nitrogens is 2. The van der Waals surface area contributed by atoms with E-state index in [0.717, 1.165) is 15.7 Å². The number of hydrogen-bond acceptors (Lipinski definition) is 3. The van der Waals surface area contributed by atoms with Crippen molar-refractivity contribution < 1.29 is 0 Å². The first-order valence-corrected chi connectivity index (χ1v) is 6.32. The number of nitrogens with one attached hydrogen (secondary N) is 1. The molecule has 0 radical (unpaired) electrons. The van der Waals surface area contributed by atoms with Crippen LogP contribution in [0.3, 0.4) is 0 Å². The summed E-state index contributed by atoms with van der Waals surface area (Å²) < 4.78 is 0.933. The van der Waals surface area contributed by atoms with Crippen molar-refractivity contribution in [2.75, 3.05) is 5.32 Å². The molecular formula is C11H8BrCl2N3. The second-order valence-corrected chi connectivity index (χ2v) is 5.08. The van der Waals surface area contributed by atoms with Gasteiger partial charge in [0.1, 0.15) is 5.82 Å². The van der Waals surface area contributed by atoms with Crippen molar-refractivity contribution >= 4 is 50.6 Å². The van der Waals surface area contributed by atoms with Gasteiger partial charge in [-0.25, -0.2) is 9.97 Å². The zero-order valence-electron chi connectivity index (χ0n) is 8.84. The number of anilines is 2. The summed E-state index contributed by atoms with van der Waals surface area (Å²) in [6.07, 6.45) is 1.66. The Balaban J connectivity index is 2.37. The summed E-state index contributed by atoms with van der Waals surface area (Å²) in [5.41, 5.74) is 1.66. The number of halogens is 3. The van der Waals surface area contributed by atoms with Gasteiger partial charge in [-0.3, -0.25) is 0 Å². The number of nitrogens with zero attached hydrogens (tertiary/aromatic N) is 2. The van der Waals surface area contributed by atoms with E-state index >= 15 is 0 Å². The number of benzene rings is 1. The monoisotopic (exact) mass is 331 g/mol. The second-order valence-electron chi connectivity index (χ2n) is 3.42. The lowest BCUT2D eigenvalue weighted by Crippen LogP contribution is -1.98. The highest BCUT2D eigenvalue weighted by molar-refractivity contribution is 9.10. The van der Waals surface area contributed by atoms with Crippen molar-refractivity contribution in [1.82, 2.24) is 9.97 Å². The number of hydrogen-bond donors (Lipinski definition) is 1. The molecule has 0 aliphatic rings. The van der Waals surface area contributed by atoms with Crippen molar-refractivity contribution in [3.05, 3.63) is 44.7 Å². The summed E-state index contributed by atoms with van der Waals surface area (Å²) in [6, 6.07) is 5.54. The molecule has 2 aromatic rings. The third kappa shape index (κ3) is 3.09. The zero-order chi connectivity index (χ0) is 12.4. The van der Waals surface area contributed by atoms with Crippen LogP contribution in [0.25, 0.3) is 0 Å². The van der Waals surface area contributed by atoms with Gasteiger partial charge < -0.3 is 5.32 Å². The van der Waals surface area contributed by atoms with Crippen molar-refractivity contribution in [2.45, 2.75) is 6.92 Å². The molecular weight excluding hydrogens is 325 g/mol. The van der Waals surface area contributed by atoms with Crippen LogP contribution >= 0.6 is 39.1 Å². The molecule has 1 N–H and O–H groups in total. The first-order valence-electron chi connectivity index (χ1n) is 4.77. The van der Waals surface area contributed by atoms with Gasteiger partial charge in [-0.15, -0.1) is 0 Å². The summed E-state index contributed by atoms with van der Waals surface area (Å²) in [5.74, 6) is 0.644. The quantitative estimate of drug-likeness (QED) is 0.817. The van der Waals surface area contributed by atoms with Gasteiger partial charge in [-0.2, -0.15) is 0 Å². The molecule has 17 heavy (non-hydrogen) atoms. The Labute approximate surface area is 117 Å². The lowest BCUT2D eigenvalue weighted by atomic mass is 10.3. The van der Waals surface area contributed by atoms with E-state index in [4.69, 9.17) is 23.2 Å². The molecule has 1 aromatic heterocycles. The van der Waals surface area contributed by atoms with Gasteiger partial charge in [-0.05, 0) is 36.7 Å². The van der Waals surface area contributed by atoms with Gasteiger partial charge in [0.15, 0.2) is 0 Å². The fourth-order valence-corrected chi connectivity index (χ4v) is 1.93. The summed E-state index contributed by atoms with van der Waals surface area (Å²) in [7, 11) is 0. The highest BCUT2D eigenvalue weighted by Gasteiger charge is 2.06. The smallest absolute Gasteiger partial charge is 0.224 e. The van der Waals surface area contributed by atoms with E-state index in [9.17, 15) is 0 Å². The first kappa shape index (κ1) is 12.6. The second kappa shape index (κ2) is 5.21. The van der Waals surface area contributed by atoms with Crippen LogP contribution in [0, 0.1) is 6.92 Å². The maximum atomic E-state index is 6.08. The lowest BCUT2D eigenvalue weighted by molar-refractivity contribution is 1.13. The fraction of sp³-hybridized carbons (Fsp3) is 0.0909. The van der Waals surface area contributed by atoms with Gasteiger partial charge in [0.2, 0.25) is 5.28 Å². The molecule has 0 atom stereocenters. The van der Waals surface area contributed by atoms with Gasteiger partial charge in [-0.1, -0.05) is 27.5 Å². The molecule has 0 saturated heterocycles. The molecule has 1 aromatic carbocycles. The minimum atomic E-state index is 0.198. The average molecular weight is 333 g/mol. The Hall–Kier alpha value is -0.840. The summed E-state index contributed by atoms with van der Waals surface area (Å²) in [5, 5.41) is 3.94. The summed E-state index contributed by atoms with van der Waals surface area (Å²) in [6.45, 7) is 1.89. The van der Waals surface area contributed by atoms with Gasteiger partial charge in [0, 0.05) is 16.2 Å². The molecule has 0 fully saturated rings.